The Bertz CT molecular complexity index is 858. The number of hydrogen-bond acceptors (Lipinski definition) is 7. The second-order valence-electron chi connectivity index (χ2n) is 10.9. The second kappa shape index (κ2) is 13.3. The number of carbonyl (C=O) groups excluding carboxylic acids is 5. The third-order valence-electron chi connectivity index (χ3n) is 7.11. The van der Waals surface area contributed by atoms with Gasteiger partial charge in [-0.05, 0) is 44.9 Å². The smallest absolute Gasteiger partial charge is 0.245 e. The zero-order chi connectivity index (χ0) is 27.0. The van der Waals surface area contributed by atoms with E-state index in [1.165, 1.54) is 4.90 Å². The van der Waals surface area contributed by atoms with E-state index in [4.69, 9.17) is 9.47 Å². The van der Waals surface area contributed by atoms with Crippen LogP contribution in [0.5, 0.6) is 0 Å². The number of hydrogen-bond donors (Lipinski definition) is 3. The summed E-state index contributed by atoms with van der Waals surface area (Å²) in [6.45, 7) is 6.58. The van der Waals surface area contributed by atoms with Gasteiger partial charge in [0.2, 0.25) is 23.6 Å². The van der Waals surface area contributed by atoms with Gasteiger partial charge in [0.15, 0.2) is 5.78 Å². The Hall–Kier alpha value is -2.53. The van der Waals surface area contributed by atoms with Crippen LogP contribution in [-0.4, -0.2) is 90.9 Å². The molecule has 0 aromatic carbocycles. The summed E-state index contributed by atoms with van der Waals surface area (Å²) in [5.74, 6) is -1.48. The first-order valence-electron chi connectivity index (χ1n) is 13.5. The Balaban J connectivity index is 1.72. The maximum absolute atomic E-state index is 13.3. The number of Topliss-reactive ketones (excluding diaryl/α,β-unsaturated/α-hetero) is 1. The number of fused-ring (bicyclic) bond motifs is 1. The Kier molecular flexibility index (Phi) is 10.5. The lowest BCUT2D eigenvalue weighted by atomic mass is 9.93. The maximum Gasteiger partial charge on any atom is 0.245 e. The summed E-state index contributed by atoms with van der Waals surface area (Å²) in [5.41, 5.74) is -0.883. The Morgan fingerprint density at radius 2 is 1.86 bits per heavy atom. The van der Waals surface area contributed by atoms with Crippen LogP contribution in [0.2, 0.25) is 0 Å². The van der Waals surface area contributed by atoms with Gasteiger partial charge in [-0.25, -0.2) is 0 Å². The SMILES string of the molecule is CC(C)CC(NC(=O)[C@@H]1COCCCCCCC(=O)NCC(=O)N2CCC[C@H]2C(=O)N1)C(=O)[C@@]1(C)CO1. The molecular formula is C26H42N4O7. The second-order valence-corrected chi connectivity index (χ2v) is 10.9. The fourth-order valence-electron chi connectivity index (χ4n) is 4.79. The first kappa shape index (κ1) is 29.0. The molecule has 0 spiro atoms. The predicted molar refractivity (Wildman–Crippen MR) is 134 cm³/mol. The standard InChI is InChI=1S/C26H42N4O7/c1-17(2)13-18(23(33)26(3)16-37-26)28-24(34)19-15-36-12-7-5-4-6-10-21(31)27-14-22(32)30-11-8-9-20(30)25(35)29-19/h17-20H,4-16H2,1-3H3,(H,27,31)(H,28,34)(H,29,35)/t18?,19-,20-,26+/m0/s1. The normalized spacial score (nSPS) is 29.1. The van der Waals surface area contributed by atoms with E-state index in [-0.39, 0.29) is 36.7 Å². The van der Waals surface area contributed by atoms with E-state index in [1.807, 2.05) is 13.8 Å². The van der Waals surface area contributed by atoms with Crippen molar-refractivity contribution in [1.82, 2.24) is 20.9 Å². The molecule has 3 aliphatic rings. The van der Waals surface area contributed by atoms with Gasteiger partial charge in [0.25, 0.3) is 0 Å². The highest BCUT2D eigenvalue weighted by atomic mass is 16.6. The van der Waals surface area contributed by atoms with Gasteiger partial charge in [-0.1, -0.05) is 26.7 Å². The molecule has 0 aromatic rings. The first-order valence-corrected chi connectivity index (χ1v) is 13.5. The highest BCUT2D eigenvalue weighted by molar-refractivity contribution is 5.98. The first-order chi connectivity index (χ1) is 17.6. The van der Waals surface area contributed by atoms with Crippen LogP contribution in [0.3, 0.4) is 0 Å². The van der Waals surface area contributed by atoms with Crippen molar-refractivity contribution >= 4 is 29.4 Å². The summed E-state index contributed by atoms with van der Waals surface area (Å²) in [4.78, 5) is 65.8. The molecule has 208 valence electrons. The van der Waals surface area contributed by atoms with E-state index in [0.29, 0.717) is 51.9 Å². The van der Waals surface area contributed by atoms with E-state index in [2.05, 4.69) is 16.0 Å². The number of rotatable bonds is 6. The predicted octanol–water partition coefficient (Wildman–Crippen LogP) is 0.448. The zero-order valence-electron chi connectivity index (χ0n) is 22.3. The summed E-state index contributed by atoms with van der Waals surface area (Å²) in [5, 5.41) is 8.25. The molecule has 0 bridgehead atoms. The van der Waals surface area contributed by atoms with Crippen LogP contribution >= 0.6 is 0 Å². The van der Waals surface area contributed by atoms with Crippen molar-refractivity contribution in [3.05, 3.63) is 0 Å². The summed E-state index contributed by atoms with van der Waals surface area (Å²) < 4.78 is 11.1. The monoisotopic (exact) mass is 522 g/mol. The highest BCUT2D eigenvalue weighted by Crippen LogP contribution is 2.29. The van der Waals surface area contributed by atoms with E-state index in [9.17, 15) is 24.0 Å². The van der Waals surface area contributed by atoms with Gasteiger partial charge in [0.1, 0.15) is 17.7 Å². The molecule has 0 saturated carbocycles. The van der Waals surface area contributed by atoms with E-state index >= 15 is 0 Å². The van der Waals surface area contributed by atoms with E-state index < -0.39 is 35.5 Å². The minimum absolute atomic E-state index is 0.0470. The quantitative estimate of drug-likeness (QED) is 0.429. The molecule has 3 aliphatic heterocycles. The minimum Gasteiger partial charge on any atom is -0.379 e. The van der Waals surface area contributed by atoms with Gasteiger partial charge in [0.05, 0.1) is 25.8 Å². The van der Waals surface area contributed by atoms with Gasteiger partial charge in [-0.15, -0.1) is 0 Å². The van der Waals surface area contributed by atoms with Crippen molar-refractivity contribution < 1.29 is 33.4 Å². The van der Waals surface area contributed by atoms with Crippen molar-refractivity contribution in [1.29, 1.82) is 0 Å². The summed E-state index contributed by atoms with van der Waals surface area (Å²) >= 11 is 0. The zero-order valence-corrected chi connectivity index (χ0v) is 22.3. The number of nitrogens with one attached hydrogen (secondary N) is 3. The number of epoxide rings is 1. The summed E-state index contributed by atoms with van der Waals surface area (Å²) in [6, 6.07) is -2.49. The molecule has 37 heavy (non-hydrogen) atoms. The molecule has 3 saturated heterocycles. The summed E-state index contributed by atoms with van der Waals surface area (Å²) in [7, 11) is 0. The topological polar surface area (TPSA) is 146 Å². The van der Waals surface area contributed by atoms with Crippen molar-refractivity contribution in [3.8, 4) is 0 Å². The molecule has 0 aliphatic carbocycles. The van der Waals surface area contributed by atoms with Gasteiger partial charge < -0.3 is 30.3 Å². The average molecular weight is 523 g/mol. The third-order valence-corrected chi connectivity index (χ3v) is 7.11. The van der Waals surface area contributed by atoms with E-state index in [0.717, 1.165) is 19.3 Å². The Labute approximate surface area is 218 Å². The molecule has 3 N–H and O–H groups in total. The lowest BCUT2D eigenvalue weighted by Crippen LogP contribution is -2.58. The molecule has 11 nitrogen and oxygen atoms in total. The van der Waals surface area contributed by atoms with Gasteiger partial charge in [0, 0.05) is 19.6 Å². The maximum atomic E-state index is 13.3. The number of ketones is 1. The number of ether oxygens (including phenoxy) is 2. The van der Waals surface area contributed by atoms with Crippen LogP contribution in [0.15, 0.2) is 0 Å². The number of carbonyl (C=O) groups is 5. The third kappa shape index (κ3) is 8.49. The molecule has 4 amide bonds. The Morgan fingerprint density at radius 1 is 1.14 bits per heavy atom. The van der Waals surface area contributed by atoms with Crippen LogP contribution in [0.1, 0.15) is 72.1 Å². The molecule has 3 heterocycles. The van der Waals surface area contributed by atoms with Crippen LogP contribution in [-0.2, 0) is 33.4 Å². The van der Waals surface area contributed by atoms with Crippen LogP contribution in [0.4, 0.5) is 0 Å². The highest BCUT2D eigenvalue weighted by Gasteiger charge is 2.50. The summed E-state index contributed by atoms with van der Waals surface area (Å²) in [6.07, 6.45) is 5.07. The number of nitrogens with zero attached hydrogens (tertiary/aromatic N) is 1. The molecule has 3 rings (SSSR count). The molecule has 11 heteroatoms. The van der Waals surface area contributed by atoms with E-state index in [1.54, 1.807) is 6.92 Å². The lowest BCUT2D eigenvalue weighted by Gasteiger charge is -2.28. The Morgan fingerprint density at radius 3 is 2.57 bits per heavy atom. The van der Waals surface area contributed by atoms with Crippen molar-refractivity contribution in [2.75, 3.05) is 32.9 Å². The van der Waals surface area contributed by atoms with Crippen LogP contribution in [0.25, 0.3) is 0 Å². The molecule has 0 aromatic heterocycles. The van der Waals surface area contributed by atoms with Crippen molar-refractivity contribution in [2.24, 2.45) is 5.92 Å². The molecule has 0 radical (unpaired) electrons. The van der Waals surface area contributed by atoms with Gasteiger partial charge in [-0.3, -0.25) is 24.0 Å². The largest absolute Gasteiger partial charge is 0.379 e. The molecular weight excluding hydrogens is 480 g/mol. The van der Waals surface area contributed by atoms with Gasteiger partial charge in [-0.2, -0.15) is 0 Å². The lowest BCUT2D eigenvalue weighted by molar-refractivity contribution is -0.140. The van der Waals surface area contributed by atoms with Crippen molar-refractivity contribution in [2.45, 2.75) is 95.9 Å². The van der Waals surface area contributed by atoms with Gasteiger partial charge >= 0.3 is 0 Å². The van der Waals surface area contributed by atoms with Crippen LogP contribution in [0, 0.1) is 5.92 Å². The molecule has 4 atom stereocenters. The average Bonchev–Trinajstić information content (AvgIpc) is 3.40. The fraction of sp³-hybridized carbons (Fsp3) is 0.808. The molecule has 3 fully saturated rings. The fourth-order valence-corrected chi connectivity index (χ4v) is 4.79. The number of amides is 4. The molecule has 1 unspecified atom stereocenters. The van der Waals surface area contributed by atoms with Crippen molar-refractivity contribution in [3.63, 3.8) is 0 Å². The van der Waals surface area contributed by atoms with Crippen LogP contribution < -0.4 is 16.0 Å². The minimum atomic E-state index is -1.02.